The van der Waals surface area contributed by atoms with Crippen LogP contribution >= 0.6 is 15.9 Å². The maximum atomic E-state index is 12.5. The van der Waals surface area contributed by atoms with Crippen molar-refractivity contribution in [3.8, 4) is 5.69 Å². The monoisotopic (exact) mass is 332 g/mol. The first-order chi connectivity index (χ1) is 9.70. The van der Waals surface area contributed by atoms with E-state index in [1.807, 2.05) is 30.5 Å². The third-order valence-electron chi connectivity index (χ3n) is 3.12. The second-order valence-electron chi connectivity index (χ2n) is 4.51. The minimum Gasteiger partial charge on any atom is -0.280 e. The van der Waals surface area contributed by atoms with Crippen molar-refractivity contribution < 1.29 is 0 Å². The highest BCUT2D eigenvalue weighted by Crippen LogP contribution is 2.13. The number of nitrogens with zero attached hydrogens (tertiary/aromatic N) is 4. The highest BCUT2D eigenvalue weighted by Gasteiger charge is 2.10. The van der Waals surface area contributed by atoms with Crippen LogP contribution in [0, 0.1) is 0 Å². The molecule has 0 atom stereocenters. The van der Waals surface area contributed by atoms with Crippen LogP contribution in [0.25, 0.3) is 11.3 Å². The van der Waals surface area contributed by atoms with Crippen molar-refractivity contribution in [1.82, 2.24) is 19.2 Å². The zero-order valence-corrected chi connectivity index (χ0v) is 12.5. The van der Waals surface area contributed by atoms with Crippen molar-refractivity contribution in [2.45, 2.75) is 19.8 Å². The molecule has 0 bridgehead atoms. The van der Waals surface area contributed by atoms with E-state index in [1.165, 1.54) is 0 Å². The Morgan fingerprint density at radius 1 is 1.15 bits per heavy atom. The fourth-order valence-electron chi connectivity index (χ4n) is 2.13. The molecule has 102 valence electrons. The molecule has 20 heavy (non-hydrogen) atoms. The molecular weight excluding hydrogens is 320 g/mol. The van der Waals surface area contributed by atoms with Crippen molar-refractivity contribution >= 4 is 21.6 Å². The first-order valence-corrected chi connectivity index (χ1v) is 7.21. The largest absolute Gasteiger partial charge is 0.300 e. The van der Waals surface area contributed by atoms with Crippen LogP contribution in [0.3, 0.4) is 0 Å². The van der Waals surface area contributed by atoms with E-state index in [1.54, 1.807) is 15.2 Å². The van der Waals surface area contributed by atoms with Gasteiger partial charge in [-0.15, -0.1) is 10.2 Å². The summed E-state index contributed by atoms with van der Waals surface area (Å²) < 4.78 is 4.32. The van der Waals surface area contributed by atoms with E-state index in [2.05, 4.69) is 33.1 Å². The predicted molar refractivity (Wildman–Crippen MR) is 80.3 cm³/mol. The van der Waals surface area contributed by atoms with Gasteiger partial charge in [-0.05, 0) is 30.7 Å². The zero-order chi connectivity index (χ0) is 14.1. The van der Waals surface area contributed by atoms with E-state index in [9.17, 15) is 4.79 Å². The molecule has 0 unspecified atom stereocenters. The third kappa shape index (κ3) is 2.16. The molecule has 0 aliphatic rings. The van der Waals surface area contributed by atoms with Gasteiger partial charge >= 0.3 is 5.56 Å². The molecule has 0 aliphatic heterocycles. The quantitative estimate of drug-likeness (QED) is 0.740. The van der Waals surface area contributed by atoms with Crippen LogP contribution in [-0.2, 0) is 6.42 Å². The fourth-order valence-corrected chi connectivity index (χ4v) is 2.40. The van der Waals surface area contributed by atoms with Gasteiger partial charge in [0.1, 0.15) is 5.82 Å². The van der Waals surface area contributed by atoms with E-state index >= 15 is 0 Å². The van der Waals surface area contributed by atoms with Gasteiger partial charge in [0.15, 0.2) is 0 Å². The second-order valence-corrected chi connectivity index (χ2v) is 5.43. The van der Waals surface area contributed by atoms with Gasteiger partial charge in [0, 0.05) is 29.0 Å². The molecule has 5 nitrogen and oxygen atoms in total. The molecule has 1 aromatic carbocycles. The zero-order valence-electron chi connectivity index (χ0n) is 11.0. The van der Waals surface area contributed by atoms with Gasteiger partial charge in [-0.25, -0.2) is 0 Å². The lowest BCUT2D eigenvalue weighted by molar-refractivity contribution is 0.813. The predicted octanol–water partition coefficient (Wildman–Crippen LogP) is 2.60. The van der Waals surface area contributed by atoms with E-state index < -0.39 is 0 Å². The van der Waals surface area contributed by atoms with Crippen molar-refractivity contribution in [2.24, 2.45) is 0 Å². The van der Waals surface area contributed by atoms with Crippen molar-refractivity contribution in [3.05, 3.63) is 57.3 Å². The number of aromatic nitrogens is 4. The summed E-state index contributed by atoms with van der Waals surface area (Å²) in [5.74, 6) is 0.822. The lowest BCUT2D eigenvalue weighted by Gasteiger charge is -2.06. The van der Waals surface area contributed by atoms with Crippen LogP contribution in [0.2, 0.25) is 0 Å². The molecule has 6 heteroatoms. The summed E-state index contributed by atoms with van der Waals surface area (Å²) >= 11 is 3.38. The van der Waals surface area contributed by atoms with Crippen LogP contribution in [0.5, 0.6) is 0 Å². The Bertz CT molecular complexity index is 804. The van der Waals surface area contributed by atoms with Crippen molar-refractivity contribution in [2.75, 3.05) is 0 Å². The van der Waals surface area contributed by atoms with Crippen LogP contribution in [0.4, 0.5) is 0 Å². The summed E-state index contributed by atoms with van der Waals surface area (Å²) in [5, 5.41) is 8.10. The maximum absolute atomic E-state index is 12.5. The lowest BCUT2D eigenvalue weighted by atomic mass is 10.3. The van der Waals surface area contributed by atoms with Crippen LogP contribution < -0.4 is 5.56 Å². The van der Waals surface area contributed by atoms with Gasteiger partial charge in [0.2, 0.25) is 5.65 Å². The molecule has 3 rings (SSSR count). The van der Waals surface area contributed by atoms with Crippen LogP contribution in [0.15, 0.2) is 45.9 Å². The summed E-state index contributed by atoms with van der Waals surface area (Å²) in [6.07, 6.45) is 5.37. The van der Waals surface area contributed by atoms with Gasteiger partial charge in [-0.3, -0.25) is 13.8 Å². The second kappa shape index (κ2) is 5.20. The van der Waals surface area contributed by atoms with Gasteiger partial charge in [-0.2, -0.15) is 0 Å². The van der Waals surface area contributed by atoms with E-state index in [4.69, 9.17) is 0 Å². The Morgan fingerprint density at radius 3 is 2.60 bits per heavy atom. The number of hydrogen-bond donors (Lipinski definition) is 0. The minimum atomic E-state index is -0.162. The fraction of sp³-hybridized carbons (Fsp3) is 0.214. The molecule has 2 aromatic heterocycles. The Balaban J connectivity index is 2.17. The van der Waals surface area contributed by atoms with Gasteiger partial charge in [0.25, 0.3) is 0 Å². The summed E-state index contributed by atoms with van der Waals surface area (Å²) in [6, 6.07) is 7.56. The Morgan fingerprint density at radius 2 is 1.90 bits per heavy atom. The highest BCUT2D eigenvalue weighted by molar-refractivity contribution is 9.10. The number of aryl methyl sites for hydroxylation is 1. The normalized spacial score (nSPS) is 11.1. The van der Waals surface area contributed by atoms with Crippen molar-refractivity contribution in [3.63, 3.8) is 0 Å². The smallest absolute Gasteiger partial charge is 0.280 e. The maximum Gasteiger partial charge on any atom is 0.300 e. The van der Waals surface area contributed by atoms with E-state index in [0.717, 1.165) is 28.8 Å². The summed E-state index contributed by atoms with van der Waals surface area (Å²) in [4.78, 5) is 12.5. The highest BCUT2D eigenvalue weighted by atomic mass is 79.9. The number of hydrogen-bond acceptors (Lipinski definition) is 3. The molecular formula is C14H13BrN4O. The molecule has 0 N–H and O–H groups in total. The third-order valence-corrected chi connectivity index (χ3v) is 3.65. The first kappa shape index (κ1) is 13.1. The van der Waals surface area contributed by atoms with E-state index in [-0.39, 0.29) is 5.56 Å². The summed E-state index contributed by atoms with van der Waals surface area (Å²) in [5.41, 5.74) is 1.00. The minimum absolute atomic E-state index is 0.162. The number of rotatable bonds is 3. The van der Waals surface area contributed by atoms with Gasteiger partial charge in [0.05, 0.1) is 0 Å². The summed E-state index contributed by atoms with van der Waals surface area (Å²) in [6.45, 7) is 2.07. The summed E-state index contributed by atoms with van der Waals surface area (Å²) in [7, 11) is 0. The molecule has 0 fully saturated rings. The van der Waals surface area contributed by atoms with Crippen LogP contribution in [0.1, 0.15) is 19.2 Å². The number of halogens is 1. The standard InChI is InChI=1S/C14H13BrN4O/c1-2-3-12-16-17-13-14(20)18(8-9-19(12)13)11-6-4-10(15)5-7-11/h4-9H,2-3H2,1H3. The molecule has 0 aliphatic carbocycles. The molecule has 3 aromatic rings. The number of benzene rings is 1. The average molecular weight is 333 g/mol. The SMILES string of the molecule is CCCc1nnc2c(=O)n(-c3ccc(Br)cc3)ccn12. The topological polar surface area (TPSA) is 52.2 Å². The molecule has 0 saturated heterocycles. The molecule has 0 radical (unpaired) electrons. The molecule has 0 saturated carbocycles. The van der Waals surface area contributed by atoms with E-state index in [0.29, 0.717) is 5.65 Å². The molecule has 0 spiro atoms. The Hall–Kier alpha value is -1.95. The Kier molecular flexibility index (Phi) is 3.40. The van der Waals surface area contributed by atoms with Gasteiger partial charge < -0.3 is 0 Å². The van der Waals surface area contributed by atoms with Crippen molar-refractivity contribution in [1.29, 1.82) is 0 Å². The molecule has 0 amide bonds. The van der Waals surface area contributed by atoms with Gasteiger partial charge in [-0.1, -0.05) is 22.9 Å². The molecule has 2 heterocycles. The lowest BCUT2D eigenvalue weighted by Crippen LogP contribution is -2.20. The average Bonchev–Trinajstić information content (AvgIpc) is 2.85. The number of fused-ring (bicyclic) bond motifs is 1. The van der Waals surface area contributed by atoms with Crippen LogP contribution in [-0.4, -0.2) is 19.2 Å². The Labute approximate surface area is 124 Å². The first-order valence-electron chi connectivity index (χ1n) is 6.42.